The highest BCUT2D eigenvalue weighted by atomic mass is 16.4. The van der Waals surface area contributed by atoms with Gasteiger partial charge in [-0.05, 0) is 170 Å². The number of hydrogen-bond donors (Lipinski definition) is 0. The highest BCUT2D eigenvalue weighted by Crippen LogP contribution is 2.43. The van der Waals surface area contributed by atoms with Gasteiger partial charge in [0.05, 0.1) is 38.3 Å². The zero-order chi connectivity index (χ0) is 52.4. The molecule has 0 fully saturated rings. The first-order valence-corrected chi connectivity index (χ1v) is 26.3. The molecule has 0 atom stereocenters. The summed E-state index contributed by atoms with van der Waals surface area (Å²) in [5, 5.41) is 9.59. The number of pyridine rings is 5. The molecule has 7 aromatic carbocycles. The van der Waals surface area contributed by atoms with Crippen molar-refractivity contribution in [1.82, 2.24) is 24.9 Å². The quantitative estimate of drug-likeness (QED) is 0.123. The van der Waals surface area contributed by atoms with E-state index in [1.54, 1.807) is 0 Å². The fourth-order valence-corrected chi connectivity index (χ4v) is 11.4. The third-order valence-electron chi connectivity index (χ3n) is 15.2. The summed E-state index contributed by atoms with van der Waals surface area (Å²) in [5.41, 5.74) is 14.7. The minimum Gasteiger partial charge on any atom is -0.403 e. The molecule has 9 heteroatoms. The lowest BCUT2D eigenvalue weighted by atomic mass is 9.86. The molecule has 0 N–H and O–H groups in total. The molecule has 0 saturated carbocycles. The Morgan fingerprint density at radius 1 is 0.333 bits per heavy atom. The van der Waals surface area contributed by atoms with Crippen molar-refractivity contribution in [3.8, 4) is 44.6 Å². The van der Waals surface area contributed by atoms with Crippen LogP contribution in [0.15, 0.2) is 219 Å². The minimum absolute atomic E-state index is 0.288. The summed E-state index contributed by atoms with van der Waals surface area (Å²) in [4.78, 5) is 50.4. The van der Waals surface area contributed by atoms with E-state index in [4.69, 9.17) is 23.8 Å². The third kappa shape index (κ3) is 8.33. The van der Waals surface area contributed by atoms with E-state index in [1.165, 1.54) is 32.3 Å². The fourth-order valence-electron chi connectivity index (χ4n) is 11.4. The lowest BCUT2D eigenvalue weighted by Crippen LogP contribution is -2.04. The van der Waals surface area contributed by atoms with Gasteiger partial charge in [-0.2, -0.15) is 0 Å². The topological polar surface area (TPSA) is 125 Å². The molecule has 7 heterocycles. The van der Waals surface area contributed by atoms with Crippen molar-refractivity contribution < 1.29 is 8.83 Å². The van der Waals surface area contributed by atoms with Gasteiger partial charge in [0.15, 0.2) is 0 Å². The molecule has 14 aromatic rings. The number of nitrogens with zero attached hydrogens (tertiary/aromatic N) is 5. The van der Waals surface area contributed by atoms with Gasteiger partial charge in [0, 0.05) is 41.1 Å². The van der Waals surface area contributed by atoms with Gasteiger partial charge in [0.2, 0.25) is 11.4 Å². The summed E-state index contributed by atoms with van der Waals surface area (Å²) in [6.45, 7) is 3.73. The van der Waals surface area contributed by atoms with Crippen LogP contribution in [0, 0.1) is 13.8 Å². The molecule has 0 aliphatic carbocycles. The Bertz CT molecular complexity index is 4700. The predicted octanol–water partition coefficient (Wildman–Crippen LogP) is 15.5. The van der Waals surface area contributed by atoms with E-state index in [9.17, 15) is 9.59 Å². The SMILES string of the molecule is Cc1ccc2c(n1)oc(=O)c1cc(CCc3cc(CCc4cnc5c(c4)c(=O)oc4nc(C)ccc45)cc(-c4ccccc4-c4cnc(-c5ccccc5)cc4-c4ccc5c6ccccc6c6ccccc6c5c4)c3)cnc12. The molecule has 0 radical (unpaired) electrons. The van der Waals surface area contributed by atoms with E-state index < -0.39 is 11.3 Å². The Morgan fingerprint density at radius 2 is 0.821 bits per heavy atom. The summed E-state index contributed by atoms with van der Waals surface area (Å²) in [6, 6.07) is 63.8. The standard InChI is InChI=1S/C69H47N5O4/c1-40-20-27-56-64-60(68(75)77-66(56)73-40)33-44(37-71-64)24-22-42-30-43(23-25-45-34-61-65(72-38-45)57-28-21-41(2)74-67(57)78-69(61)76)32-48(31-42)49-14-6-7-15-50(49)62-39-70-63(46-12-4-3-5-13-46)36-58(62)47-26-29-55-53-18-9-8-16-51(53)52-17-10-11-19-54(52)59(55)35-47/h3-21,26-39H,22-25H2,1-2H3. The Kier molecular flexibility index (Phi) is 11.3. The first-order valence-electron chi connectivity index (χ1n) is 26.3. The van der Waals surface area contributed by atoms with Crippen molar-refractivity contribution >= 4 is 76.3 Å². The van der Waals surface area contributed by atoms with Crippen molar-refractivity contribution in [2.75, 3.05) is 0 Å². The van der Waals surface area contributed by atoms with Crippen molar-refractivity contribution in [3.05, 3.63) is 255 Å². The summed E-state index contributed by atoms with van der Waals surface area (Å²) in [5.74, 6) is 0. The monoisotopic (exact) mass is 1010 g/mol. The summed E-state index contributed by atoms with van der Waals surface area (Å²) in [7, 11) is 0. The predicted molar refractivity (Wildman–Crippen MR) is 314 cm³/mol. The molecule has 0 spiro atoms. The molecule has 0 saturated heterocycles. The molecule has 372 valence electrons. The van der Waals surface area contributed by atoms with Crippen LogP contribution >= 0.6 is 0 Å². The first-order chi connectivity index (χ1) is 38.3. The van der Waals surface area contributed by atoms with E-state index in [2.05, 4.69) is 149 Å². The van der Waals surface area contributed by atoms with E-state index in [1.807, 2.05) is 74.9 Å². The van der Waals surface area contributed by atoms with Gasteiger partial charge in [-0.15, -0.1) is 0 Å². The molecule has 14 rings (SSSR count). The number of fused-ring (bicyclic) bond motifs is 12. The van der Waals surface area contributed by atoms with E-state index in [0.717, 1.165) is 78.3 Å². The van der Waals surface area contributed by atoms with Crippen molar-refractivity contribution in [2.24, 2.45) is 0 Å². The Morgan fingerprint density at radius 3 is 1.40 bits per heavy atom. The lowest BCUT2D eigenvalue weighted by Gasteiger charge is -2.18. The van der Waals surface area contributed by atoms with Crippen LogP contribution < -0.4 is 11.3 Å². The van der Waals surface area contributed by atoms with Gasteiger partial charge in [-0.1, -0.05) is 133 Å². The zero-order valence-corrected chi connectivity index (χ0v) is 42.8. The molecule has 7 aromatic heterocycles. The normalized spacial score (nSPS) is 11.8. The molecule has 78 heavy (non-hydrogen) atoms. The largest absolute Gasteiger partial charge is 0.403 e. The number of hydrogen-bond acceptors (Lipinski definition) is 9. The second-order valence-corrected chi connectivity index (χ2v) is 20.3. The molecule has 0 aliphatic rings. The fraction of sp³-hybridized carbons (Fsp3) is 0.0870. The maximum atomic E-state index is 13.4. The molecule has 0 aliphatic heterocycles. The molecular weight excluding hydrogens is 963 g/mol. The molecule has 0 bridgehead atoms. The third-order valence-corrected chi connectivity index (χ3v) is 15.2. The molecule has 9 nitrogen and oxygen atoms in total. The van der Waals surface area contributed by atoms with Gasteiger partial charge in [-0.3, -0.25) is 15.0 Å². The molecule has 0 amide bonds. The summed E-state index contributed by atoms with van der Waals surface area (Å²) < 4.78 is 11.4. The van der Waals surface area contributed by atoms with Crippen LogP contribution in [0.5, 0.6) is 0 Å². The van der Waals surface area contributed by atoms with Gasteiger partial charge in [-0.25, -0.2) is 19.6 Å². The number of benzene rings is 7. The Balaban J connectivity index is 0.889. The van der Waals surface area contributed by atoms with Crippen LogP contribution in [0.4, 0.5) is 0 Å². The molecular formula is C69H47N5O4. The van der Waals surface area contributed by atoms with Crippen molar-refractivity contribution in [3.63, 3.8) is 0 Å². The zero-order valence-electron chi connectivity index (χ0n) is 42.8. The van der Waals surface area contributed by atoms with Gasteiger partial charge in [0.25, 0.3) is 0 Å². The smallest absolute Gasteiger partial charge is 0.347 e. The lowest BCUT2D eigenvalue weighted by molar-refractivity contribution is 0.556. The maximum Gasteiger partial charge on any atom is 0.347 e. The average molecular weight is 1010 g/mol. The van der Waals surface area contributed by atoms with Gasteiger partial charge in [0.1, 0.15) is 0 Å². The highest BCUT2D eigenvalue weighted by Gasteiger charge is 2.19. The first kappa shape index (κ1) is 46.5. The van der Waals surface area contributed by atoms with Crippen LogP contribution in [0.3, 0.4) is 0 Å². The average Bonchev–Trinajstić information content (AvgIpc) is 3.66. The van der Waals surface area contributed by atoms with Crippen LogP contribution in [-0.4, -0.2) is 24.9 Å². The van der Waals surface area contributed by atoms with Crippen LogP contribution in [0.2, 0.25) is 0 Å². The second kappa shape index (κ2) is 19.0. The Hall–Kier alpha value is -9.99. The van der Waals surface area contributed by atoms with Crippen LogP contribution in [0.25, 0.3) is 121 Å². The summed E-state index contributed by atoms with van der Waals surface area (Å²) >= 11 is 0. The summed E-state index contributed by atoms with van der Waals surface area (Å²) in [6.07, 6.45) is 8.36. The number of aromatic nitrogens is 5. The van der Waals surface area contributed by atoms with E-state index >= 15 is 0 Å². The Labute approximate surface area is 447 Å². The van der Waals surface area contributed by atoms with Gasteiger partial charge < -0.3 is 8.83 Å². The van der Waals surface area contributed by atoms with Crippen LogP contribution in [-0.2, 0) is 25.7 Å². The van der Waals surface area contributed by atoms with Gasteiger partial charge >= 0.3 is 11.3 Å². The number of aryl methyl sites for hydroxylation is 6. The maximum absolute atomic E-state index is 13.4. The van der Waals surface area contributed by atoms with E-state index in [-0.39, 0.29) is 11.4 Å². The second-order valence-electron chi connectivity index (χ2n) is 20.3. The highest BCUT2D eigenvalue weighted by molar-refractivity contribution is 6.26. The van der Waals surface area contributed by atoms with Crippen LogP contribution in [0.1, 0.15) is 33.6 Å². The minimum atomic E-state index is -0.456. The van der Waals surface area contributed by atoms with Crippen molar-refractivity contribution in [1.29, 1.82) is 0 Å². The molecule has 0 unspecified atom stereocenters. The van der Waals surface area contributed by atoms with Crippen molar-refractivity contribution in [2.45, 2.75) is 39.5 Å². The van der Waals surface area contributed by atoms with E-state index in [0.29, 0.717) is 58.3 Å². The number of rotatable bonds is 10.